The first-order valence-corrected chi connectivity index (χ1v) is 8.04. The monoisotopic (exact) mass is 308 g/mol. The van der Waals surface area contributed by atoms with E-state index in [4.69, 9.17) is 0 Å². The van der Waals surface area contributed by atoms with Gasteiger partial charge in [0.25, 0.3) is 5.91 Å². The van der Waals surface area contributed by atoms with Gasteiger partial charge in [0.2, 0.25) is 0 Å². The van der Waals surface area contributed by atoms with Gasteiger partial charge in [0.1, 0.15) is 5.82 Å². The quantitative estimate of drug-likeness (QED) is 0.764. The summed E-state index contributed by atoms with van der Waals surface area (Å²) in [4.78, 5) is 17.6. The molecule has 0 aliphatic heterocycles. The van der Waals surface area contributed by atoms with Crippen LogP contribution in [0.3, 0.4) is 0 Å². The van der Waals surface area contributed by atoms with Gasteiger partial charge in [-0.2, -0.15) is 0 Å². The van der Waals surface area contributed by atoms with E-state index >= 15 is 0 Å². The highest BCUT2D eigenvalue weighted by Crippen LogP contribution is 2.24. The van der Waals surface area contributed by atoms with Crippen molar-refractivity contribution in [3.63, 3.8) is 0 Å². The largest absolute Gasteiger partial charge is 0.307 e. The predicted molar refractivity (Wildman–Crippen MR) is 91.3 cm³/mol. The number of carbonyl (C=O) groups is 1. The van der Waals surface area contributed by atoms with Crippen molar-refractivity contribution in [3.05, 3.63) is 71.2 Å². The van der Waals surface area contributed by atoms with Crippen LogP contribution >= 0.6 is 11.3 Å². The molecule has 1 N–H and O–H groups in total. The van der Waals surface area contributed by atoms with Crippen LogP contribution in [-0.2, 0) is 6.42 Å². The van der Waals surface area contributed by atoms with Crippen LogP contribution in [0.2, 0.25) is 0 Å². The number of hydrogen-bond donors (Lipinski definition) is 1. The lowest BCUT2D eigenvalue weighted by atomic mass is 10.1. The van der Waals surface area contributed by atoms with E-state index < -0.39 is 0 Å². The molecule has 2 heterocycles. The summed E-state index contributed by atoms with van der Waals surface area (Å²) in [6, 6.07) is 15.6. The number of aryl methyl sites for hydroxylation is 1. The van der Waals surface area contributed by atoms with Crippen LogP contribution in [0.25, 0.3) is 10.4 Å². The molecule has 1 amide bonds. The zero-order valence-corrected chi connectivity index (χ0v) is 13.1. The normalized spacial score (nSPS) is 10.4. The maximum absolute atomic E-state index is 12.3. The Labute approximate surface area is 133 Å². The zero-order valence-electron chi connectivity index (χ0n) is 12.2. The lowest BCUT2D eigenvalue weighted by Crippen LogP contribution is -2.12. The summed E-state index contributed by atoms with van der Waals surface area (Å²) < 4.78 is 0. The van der Waals surface area contributed by atoms with E-state index in [1.165, 1.54) is 4.88 Å². The van der Waals surface area contributed by atoms with Crippen LogP contribution in [0.5, 0.6) is 0 Å². The summed E-state index contributed by atoms with van der Waals surface area (Å²) in [5.74, 6) is 0.449. The van der Waals surface area contributed by atoms with Gasteiger partial charge in [-0.3, -0.25) is 4.79 Å². The van der Waals surface area contributed by atoms with Crippen LogP contribution in [0.4, 0.5) is 5.82 Å². The number of nitrogens with one attached hydrogen (secondary N) is 1. The van der Waals surface area contributed by atoms with E-state index in [1.807, 2.05) is 47.8 Å². The maximum atomic E-state index is 12.3. The van der Waals surface area contributed by atoms with Gasteiger partial charge in [-0.05, 0) is 53.3 Å². The van der Waals surface area contributed by atoms with E-state index in [0.29, 0.717) is 11.4 Å². The molecule has 0 aliphatic carbocycles. The Hall–Kier alpha value is -2.46. The molecule has 0 aliphatic rings. The highest BCUT2D eigenvalue weighted by Gasteiger charge is 2.08. The molecule has 110 valence electrons. The lowest BCUT2D eigenvalue weighted by molar-refractivity contribution is 0.102. The first-order chi connectivity index (χ1) is 10.8. The van der Waals surface area contributed by atoms with Gasteiger partial charge in [0, 0.05) is 16.6 Å². The number of amides is 1. The van der Waals surface area contributed by atoms with Crippen LogP contribution < -0.4 is 5.32 Å². The molecular weight excluding hydrogens is 292 g/mol. The van der Waals surface area contributed by atoms with Crippen molar-refractivity contribution in [1.82, 2.24) is 4.98 Å². The second kappa shape index (κ2) is 6.54. The number of hydrogen-bond acceptors (Lipinski definition) is 3. The highest BCUT2D eigenvalue weighted by molar-refractivity contribution is 7.13. The van der Waals surface area contributed by atoms with E-state index in [9.17, 15) is 4.79 Å². The molecule has 3 rings (SSSR count). The van der Waals surface area contributed by atoms with E-state index in [-0.39, 0.29) is 5.91 Å². The molecule has 0 atom stereocenters. The number of benzene rings is 1. The van der Waals surface area contributed by atoms with Crippen molar-refractivity contribution in [1.29, 1.82) is 0 Å². The Bertz CT molecular complexity index is 764. The third-order valence-electron chi connectivity index (χ3n) is 3.43. The SMILES string of the molecule is CCc1ccnc(NC(=O)c2ccc(-c3cccs3)cc2)c1. The maximum Gasteiger partial charge on any atom is 0.256 e. The van der Waals surface area contributed by atoms with E-state index in [1.54, 1.807) is 17.5 Å². The van der Waals surface area contributed by atoms with Crippen LogP contribution in [0, 0.1) is 0 Å². The third kappa shape index (κ3) is 3.23. The first kappa shape index (κ1) is 14.5. The highest BCUT2D eigenvalue weighted by atomic mass is 32.1. The van der Waals surface area contributed by atoms with Crippen LogP contribution in [-0.4, -0.2) is 10.9 Å². The lowest BCUT2D eigenvalue weighted by Gasteiger charge is -2.06. The van der Waals surface area contributed by atoms with E-state index in [0.717, 1.165) is 17.5 Å². The summed E-state index contributed by atoms with van der Waals surface area (Å²) in [7, 11) is 0. The number of thiophene rings is 1. The third-order valence-corrected chi connectivity index (χ3v) is 4.35. The molecular formula is C18H16N2OS. The van der Waals surface area contributed by atoms with Gasteiger partial charge in [-0.1, -0.05) is 25.1 Å². The van der Waals surface area contributed by atoms with Crippen molar-refractivity contribution < 1.29 is 4.79 Å². The fraction of sp³-hybridized carbons (Fsp3) is 0.111. The Balaban J connectivity index is 1.74. The predicted octanol–water partition coefficient (Wildman–Crippen LogP) is 4.62. The Morgan fingerprint density at radius 1 is 1.18 bits per heavy atom. The molecule has 0 unspecified atom stereocenters. The summed E-state index contributed by atoms with van der Waals surface area (Å²) in [6.07, 6.45) is 2.63. The number of aromatic nitrogens is 1. The van der Waals surface area contributed by atoms with Crippen molar-refractivity contribution in [3.8, 4) is 10.4 Å². The Kier molecular flexibility index (Phi) is 4.30. The van der Waals surface area contributed by atoms with Gasteiger partial charge < -0.3 is 5.32 Å². The standard InChI is InChI=1S/C18H16N2OS/c1-2-13-9-10-19-17(12-13)20-18(21)15-7-5-14(6-8-15)16-4-3-11-22-16/h3-12H,2H2,1H3,(H,19,20,21). The van der Waals surface area contributed by atoms with E-state index in [2.05, 4.69) is 23.3 Å². The fourth-order valence-electron chi connectivity index (χ4n) is 2.18. The zero-order chi connectivity index (χ0) is 15.4. The van der Waals surface area contributed by atoms with Crippen molar-refractivity contribution in [2.45, 2.75) is 13.3 Å². The molecule has 0 saturated carbocycles. The second-order valence-electron chi connectivity index (χ2n) is 4.91. The van der Waals surface area contributed by atoms with Gasteiger partial charge in [0.05, 0.1) is 0 Å². The molecule has 2 aromatic heterocycles. The average molecular weight is 308 g/mol. The minimum absolute atomic E-state index is 0.140. The fourth-order valence-corrected chi connectivity index (χ4v) is 2.91. The summed E-state index contributed by atoms with van der Waals surface area (Å²) in [5.41, 5.74) is 2.90. The second-order valence-corrected chi connectivity index (χ2v) is 5.86. The number of carbonyl (C=O) groups excluding carboxylic acids is 1. The van der Waals surface area contributed by atoms with Gasteiger partial charge in [-0.15, -0.1) is 11.3 Å². The molecule has 22 heavy (non-hydrogen) atoms. The Morgan fingerprint density at radius 2 is 2.00 bits per heavy atom. The number of anilines is 1. The van der Waals surface area contributed by atoms with Crippen LogP contribution in [0.15, 0.2) is 60.1 Å². The molecule has 0 radical (unpaired) electrons. The molecule has 3 nitrogen and oxygen atoms in total. The number of nitrogens with zero attached hydrogens (tertiary/aromatic N) is 1. The van der Waals surface area contributed by atoms with Crippen molar-refractivity contribution >= 4 is 23.1 Å². The minimum atomic E-state index is -0.140. The summed E-state index contributed by atoms with van der Waals surface area (Å²) >= 11 is 1.69. The summed E-state index contributed by atoms with van der Waals surface area (Å²) in [5, 5.41) is 4.88. The topological polar surface area (TPSA) is 42.0 Å². The average Bonchev–Trinajstić information content (AvgIpc) is 3.09. The molecule has 0 bridgehead atoms. The smallest absolute Gasteiger partial charge is 0.256 e. The molecule has 1 aromatic carbocycles. The van der Waals surface area contributed by atoms with Gasteiger partial charge >= 0.3 is 0 Å². The number of rotatable bonds is 4. The molecule has 0 saturated heterocycles. The molecule has 0 fully saturated rings. The Morgan fingerprint density at radius 3 is 2.68 bits per heavy atom. The van der Waals surface area contributed by atoms with Crippen molar-refractivity contribution in [2.75, 3.05) is 5.32 Å². The summed E-state index contributed by atoms with van der Waals surface area (Å²) in [6.45, 7) is 2.07. The molecule has 4 heteroatoms. The minimum Gasteiger partial charge on any atom is -0.307 e. The van der Waals surface area contributed by atoms with Crippen molar-refractivity contribution in [2.24, 2.45) is 0 Å². The number of pyridine rings is 1. The van der Waals surface area contributed by atoms with Gasteiger partial charge in [-0.25, -0.2) is 4.98 Å². The van der Waals surface area contributed by atoms with Gasteiger partial charge in [0.15, 0.2) is 0 Å². The first-order valence-electron chi connectivity index (χ1n) is 7.16. The molecule has 3 aromatic rings. The van der Waals surface area contributed by atoms with Crippen LogP contribution in [0.1, 0.15) is 22.8 Å². The molecule has 0 spiro atoms.